The van der Waals surface area contributed by atoms with Crippen LogP contribution in [-0.4, -0.2) is 22.6 Å². The van der Waals surface area contributed by atoms with Gasteiger partial charge in [-0.2, -0.15) is 10.2 Å². The van der Waals surface area contributed by atoms with Crippen molar-refractivity contribution in [2.45, 2.75) is 13.0 Å². The van der Waals surface area contributed by atoms with Crippen molar-refractivity contribution in [3.05, 3.63) is 24.0 Å². The highest BCUT2D eigenvalue weighted by Gasteiger charge is 1.99. The zero-order valence-corrected chi connectivity index (χ0v) is 7.23. The Morgan fingerprint density at radius 1 is 1.62 bits per heavy atom. The van der Waals surface area contributed by atoms with Crippen LogP contribution >= 0.6 is 0 Å². The minimum absolute atomic E-state index is 0.0619. The number of nitrogens with two attached hydrogens (primary N) is 1. The average molecular weight is 180 g/mol. The maximum Gasteiger partial charge on any atom is 0.221 e. The van der Waals surface area contributed by atoms with Crippen molar-refractivity contribution in [1.82, 2.24) is 15.5 Å². The molecule has 0 aliphatic heterocycles. The lowest BCUT2D eigenvalue weighted by molar-refractivity contribution is -0.121. The van der Waals surface area contributed by atoms with Crippen LogP contribution in [0.3, 0.4) is 0 Å². The summed E-state index contributed by atoms with van der Waals surface area (Å²) in [4.78, 5) is 11.0. The molecule has 0 atom stereocenters. The number of aromatic nitrogens is 2. The molecule has 70 valence electrons. The van der Waals surface area contributed by atoms with Crippen molar-refractivity contribution in [3.63, 3.8) is 0 Å². The second-order valence-electron chi connectivity index (χ2n) is 2.53. The van der Waals surface area contributed by atoms with Crippen molar-refractivity contribution in [2.24, 2.45) is 5.73 Å². The van der Waals surface area contributed by atoms with E-state index in [1.54, 1.807) is 18.3 Å². The van der Waals surface area contributed by atoms with E-state index in [0.29, 0.717) is 19.5 Å². The smallest absolute Gasteiger partial charge is 0.221 e. The molecule has 0 radical (unpaired) electrons. The van der Waals surface area contributed by atoms with Crippen LogP contribution in [0, 0.1) is 0 Å². The highest BCUT2D eigenvalue weighted by molar-refractivity contribution is 5.75. The third-order valence-corrected chi connectivity index (χ3v) is 1.47. The third-order valence-electron chi connectivity index (χ3n) is 1.47. The van der Waals surface area contributed by atoms with E-state index in [4.69, 9.17) is 5.73 Å². The fourth-order valence-corrected chi connectivity index (χ4v) is 0.836. The second-order valence-corrected chi connectivity index (χ2v) is 2.53. The summed E-state index contributed by atoms with van der Waals surface area (Å²) in [6, 6.07) is 3.58. The molecule has 0 saturated heterocycles. The van der Waals surface area contributed by atoms with Crippen molar-refractivity contribution in [2.75, 3.05) is 6.54 Å². The maximum absolute atomic E-state index is 11.0. The summed E-state index contributed by atoms with van der Waals surface area (Å²) in [6.07, 6.45) is 1.94. The lowest BCUT2D eigenvalue weighted by Crippen LogP contribution is -2.25. The summed E-state index contributed by atoms with van der Waals surface area (Å²) in [5.41, 5.74) is 5.95. The number of nitrogens with zero attached hydrogens (tertiary/aromatic N) is 2. The van der Waals surface area contributed by atoms with Gasteiger partial charge in [-0.25, -0.2) is 0 Å². The molecule has 3 N–H and O–H groups in total. The lowest BCUT2D eigenvalue weighted by Gasteiger charge is -2.01. The molecule has 1 amide bonds. The monoisotopic (exact) mass is 180 g/mol. The standard InChI is InChI=1S/C8H12N4O/c9-4-3-8(13)10-6-7-2-1-5-11-12-7/h1-2,5H,3-4,6,9H2,(H,10,13). The molecule has 0 aliphatic rings. The molecule has 0 bridgehead atoms. The molecule has 0 aromatic carbocycles. The fourth-order valence-electron chi connectivity index (χ4n) is 0.836. The summed E-state index contributed by atoms with van der Waals surface area (Å²) < 4.78 is 0. The molecule has 0 saturated carbocycles. The van der Waals surface area contributed by atoms with E-state index in [-0.39, 0.29) is 5.91 Å². The molecule has 13 heavy (non-hydrogen) atoms. The number of amides is 1. The average Bonchev–Trinajstić information content (AvgIpc) is 2.17. The molecule has 1 aromatic heterocycles. The van der Waals surface area contributed by atoms with Crippen molar-refractivity contribution in [1.29, 1.82) is 0 Å². The highest BCUT2D eigenvalue weighted by Crippen LogP contribution is 1.89. The first-order chi connectivity index (χ1) is 6.33. The highest BCUT2D eigenvalue weighted by atomic mass is 16.1. The molecular formula is C8H12N4O. The Morgan fingerprint density at radius 2 is 2.46 bits per heavy atom. The Hall–Kier alpha value is -1.49. The van der Waals surface area contributed by atoms with E-state index in [9.17, 15) is 4.79 Å². The van der Waals surface area contributed by atoms with Gasteiger partial charge in [0.05, 0.1) is 12.2 Å². The number of nitrogens with one attached hydrogen (secondary N) is 1. The SMILES string of the molecule is NCCC(=O)NCc1cccnn1. The topological polar surface area (TPSA) is 80.9 Å². The first-order valence-electron chi connectivity index (χ1n) is 4.06. The molecule has 0 aliphatic carbocycles. The Bertz CT molecular complexity index is 262. The summed E-state index contributed by atoms with van der Waals surface area (Å²) in [7, 11) is 0. The largest absolute Gasteiger partial charge is 0.350 e. The molecule has 1 rings (SSSR count). The van der Waals surface area contributed by atoms with E-state index in [2.05, 4.69) is 15.5 Å². The van der Waals surface area contributed by atoms with Gasteiger partial charge in [-0.15, -0.1) is 0 Å². The summed E-state index contributed by atoms with van der Waals surface area (Å²) in [6.45, 7) is 0.777. The minimum Gasteiger partial charge on any atom is -0.350 e. The van der Waals surface area contributed by atoms with Gasteiger partial charge in [0.25, 0.3) is 0 Å². The normalized spacial score (nSPS) is 9.62. The van der Waals surface area contributed by atoms with Gasteiger partial charge in [-0.05, 0) is 12.1 Å². The van der Waals surface area contributed by atoms with Crippen molar-refractivity contribution >= 4 is 5.91 Å². The maximum atomic E-state index is 11.0. The van der Waals surface area contributed by atoms with Gasteiger partial charge in [0, 0.05) is 19.2 Å². The molecule has 0 fully saturated rings. The number of carbonyl (C=O) groups is 1. The van der Waals surface area contributed by atoms with Crippen LogP contribution in [0.25, 0.3) is 0 Å². The molecule has 5 heteroatoms. The Kier molecular flexibility index (Phi) is 3.84. The molecule has 1 aromatic rings. The zero-order valence-electron chi connectivity index (χ0n) is 7.23. The predicted molar refractivity (Wildman–Crippen MR) is 47.6 cm³/mol. The van der Waals surface area contributed by atoms with Gasteiger partial charge in [-0.1, -0.05) is 0 Å². The second kappa shape index (κ2) is 5.21. The van der Waals surface area contributed by atoms with E-state index in [1.165, 1.54) is 0 Å². The number of rotatable bonds is 4. The van der Waals surface area contributed by atoms with Crippen LogP contribution < -0.4 is 11.1 Å². The predicted octanol–water partition coefficient (Wildman–Crippen LogP) is -0.558. The molecule has 0 spiro atoms. The van der Waals surface area contributed by atoms with Crippen LogP contribution in [0.1, 0.15) is 12.1 Å². The quantitative estimate of drug-likeness (QED) is 0.651. The van der Waals surface area contributed by atoms with Crippen LogP contribution in [0.2, 0.25) is 0 Å². The first-order valence-corrected chi connectivity index (χ1v) is 4.06. The zero-order chi connectivity index (χ0) is 9.52. The Balaban J connectivity index is 2.31. The first kappa shape index (κ1) is 9.60. The van der Waals surface area contributed by atoms with E-state index < -0.39 is 0 Å². The fraction of sp³-hybridized carbons (Fsp3) is 0.375. The van der Waals surface area contributed by atoms with Crippen LogP contribution in [-0.2, 0) is 11.3 Å². The van der Waals surface area contributed by atoms with Gasteiger partial charge in [0.2, 0.25) is 5.91 Å². The summed E-state index contributed by atoms with van der Waals surface area (Å²) in [5, 5.41) is 10.2. The van der Waals surface area contributed by atoms with Crippen LogP contribution in [0.5, 0.6) is 0 Å². The molecule has 0 unspecified atom stereocenters. The van der Waals surface area contributed by atoms with E-state index in [0.717, 1.165) is 5.69 Å². The number of hydrogen-bond acceptors (Lipinski definition) is 4. The molecule has 1 heterocycles. The van der Waals surface area contributed by atoms with Gasteiger partial charge < -0.3 is 11.1 Å². The van der Waals surface area contributed by atoms with Gasteiger partial charge in [-0.3, -0.25) is 4.79 Å². The Labute approximate surface area is 76.4 Å². The molecule has 5 nitrogen and oxygen atoms in total. The van der Waals surface area contributed by atoms with Gasteiger partial charge >= 0.3 is 0 Å². The van der Waals surface area contributed by atoms with Gasteiger partial charge in [0.1, 0.15) is 0 Å². The van der Waals surface area contributed by atoms with Crippen LogP contribution in [0.4, 0.5) is 0 Å². The summed E-state index contributed by atoms with van der Waals surface area (Å²) >= 11 is 0. The van der Waals surface area contributed by atoms with Crippen molar-refractivity contribution in [3.8, 4) is 0 Å². The lowest BCUT2D eigenvalue weighted by atomic mass is 10.3. The number of hydrogen-bond donors (Lipinski definition) is 2. The molecular weight excluding hydrogens is 168 g/mol. The van der Waals surface area contributed by atoms with Gasteiger partial charge in [0.15, 0.2) is 0 Å². The van der Waals surface area contributed by atoms with E-state index >= 15 is 0 Å². The summed E-state index contributed by atoms with van der Waals surface area (Å²) in [5.74, 6) is -0.0619. The van der Waals surface area contributed by atoms with Crippen molar-refractivity contribution < 1.29 is 4.79 Å². The van der Waals surface area contributed by atoms with E-state index in [1.807, 2.05) is 0 Å². The minimum atomic E-state index is -0.0619. The third kappa shape index (κ3) is 3.62. The Morgan fingerprint density at radius 3 is 3.08 bits per heavy atom. The van der Waals surface area contributed by atoms with Crippen LogP contribution in [0.15, 0.2) is 18.3 Å². The number of carbonyl (C=O) groups excluding carboxylic acids is 1.